The van der Waals surface area contributed by atoms with Gasteiger partial charge in [0.15, 0.2) is 6.61 Å². The molecule has 1 aliphatic heterocycles. The lowest BCUT2D eigenvalue weighted by Gasteiger charge is -2.37. The molecule has 0 atom stereocenters. The Morgan fingerprint density at radius 1 is 1.12 bits per heavy atom. The predicted molar refractivity (Wildman–Crippen MR) is 122 cm³/mol. The van der Waals surface area contributed by atoms with Gasteiger partial charge in [-0.15, -0.1) is 0 Å². The molecule has 170 valence electrons. The van der Waals surface area contributed by atoms with Gasteiger partial charge >= 0.3 is 0 Å². The number of carbonyl (C=O) groups is 2. The van der Waals surface area contributed by atoms with E-state index in [4.69, 9.17) is 16.3 Å². The number of hydrogen-bond donors (Lipinski definition) is 1. The summed E-state index contributed by atoms with van der Waals surface area (Å²) in [5, 5.41) is 14.0. The number of piperazine rings is 1. The maximum Gasteiger partial charge on any atom is 0.269 e. The van der Waals surface area contributed by atoms with Crippen LogP contribution in [0.15, 0.2) is 42.5 Å². The monoisotopic (exact) mass is 460 g/mol. The molecule has 2 aromatic rings. The number of benzene rings is 2. The number of nitrogens with one attached hydrogen (secondary N) is 1. The van der Waals surface area contributed by atoms with E-state index in [0.29, 0.717) is 42.6 Å². The van der Waals surface area contributed by atoms with Gasteiger partial charge in [-0.25, -0.2) is 0 Å². The summed E-state index contributed by atoms with van der Waals surface area (Å²) >= 11 is 6.14. The summed E-state index contributed by atoms with van der Waals surface area (Å²) in [4.78, 5) is 38.9. The van der Waals surface area contributed by atoms with E-state index in [1.54, 1.807) is 12.1 Å². The molecule has 0 spiro atoms. The van der Waals surface area contributed by atoms with Crippen LogP contribution in [0.3, 0.4) is 0 Å². The SMILES string of the molecule is CC(C)C(=O)N1CCN(c2ccc(Cl)cc2NC(=O)COc2ccc([N+](=O)[O-])cc2)CC1. The van der Waals surface area contributed by atoms with Crippen molar-refractivity contribution in [3.8, 4) is 5.75 Å². The quantitative estimate of drug-likeness (QED) is 0.500. The largest absolute Gasteiger partial charge is 0.484 e. The van der Waals surface area contributed by atoms with E-state index in [9.17, 15) is 19.7 Å². The second-order valence-corrected chi connectivity index (χ2v) is 8.15. The van der Waals surface area contributed by atoms with E-state index < -0.39 is 4.92 Å². The maximum atomic E-state index is 12.5. The number of non-ortho nitro benzene ring substituents is 1. The van der Waals surface area contributed by atoms with Crippen LogP contribution in [0.2, 0.25) is 5.02 Å². The van der Waals surface area contributed by atoms with E-state index in [0.717, 1.165) is 5.69 Å². The first-order chi connectivity index (χ1) is 15.2. The Bertz CT molecular complexity index is 988. The van der Waals surface area contributed by atoms with E-state index in [2.05, 4.69) is 10.2 Å². The molecule has 0 bridgehead atoms. The molecule has 32 heavy (non-hydrogen) atoms. The van der Waals surface area contributed by atoms with Crippen molar-refractivity contribution in [2.24, 2.45) is 5.92 Å². The molecule has 1 fully saturated rings. The lowest BCUT2D eigenvalue weighted by molar-refractivity contribution is -0.384. The minimum absolute atomic E-state index is 0.0392. The Kier molecular flexibility index (Phi) is 7.53. The fraction of sp³-hybridized carbons (Fsp3) is 0.364. The van der Waals surface area contributed by atoms with Crippen LogP contribution in [0.5, 0.6) is 5.75 Å². The van der Waals surface area contributed by atoms with Crippen LogP contribution in [0.1, 0.15) is 13.8 Å². The number of hydrogen-bond acceptors (Lipinski definition) is 6. The Morgan fingerprint density at radius 3 is 2.38 bits per heavy atom. The third-order valence-electron chi connectivity index (χ3n) is 5.08. The summed E-state index contributed by atoms with van der Waals surface area (Å²) in [5.41, 5.74) is 1.31. The minimum Gasteiger partial charge on any atom is -0.484 e. The Morgan fingerprint density at radius 2 is 1.78 bits per heavy atom. The van der Waals surface area contributed by atoms with Crippen molar-refractivity contribution in [3.63, 3.8) is 0 Å². The molecule has 1 N–H and O–H groups in total. The Hall–Kier alpha value is -3.33. The lowest BCUT2D eigenvalue weighted by Crippen LogP contribution is -2.50. The first-order valence-electron chi connectivity index (χ1n) is 10.2. The molecule has 3 rings (SSSR count). The highest BCUT2D eigenvalue weighted by Gasteiger charge is 2.24. The van der Waals surface area contributed by atoms with Gasteiger partial charge in [-0.3, -0.25) is 19.7 Å². The van der Waals surface area contributed by atoms with Crippen LogP contribution in [0, 0.1) is 16.0 Å². The Balaban J connectivity index is 1.62. The van der Waals surface area contributed by atoms with Gasteiger partial charge in [0, 0.05) is 49.3 Å². The van der Waals surface area contributed by atoms with Gasteiger partial charge in [-0.2, -0.15) is 0 Å². The number of halogens is 1. The molecule has 0 radical (unpaired) electrons. The molecule has 10 heteroatoms. The van der Waals surface area contributed by atoms with E-state index in [-0.39, 0.29) is 30.0 Å². The van der Waals surface area contributed by atoms with Crippen LogP contribution in [0.25, 0.3) is 0 Å². The van der Waals surface area contributed by atoms with Gasteiger partial charge < -0.3 is 19.9 Å². The number of amides is 2. The van der Waals surface area contributed by atoms with Crippen molar-refractivity contribution >= 4 is 40.5 Å². The molecular weight excluding hydrogens is 436 g/mol. The van der Waals surface area contributed by atoms with Gasteiger partial charge in [0.2, 0.25) is 5.91 Å². The molecule has 9 nitrogen and oxygen atoms in total. The first-order valence-corrected chi connectivity index (χ1v) is 10.6. The molecule has 0 unspecified atom stereocenters. The second-order valence-electron chi connectivity index (χ2n) is 7.72. The van der Waals surface area contributed by atoms with Crippen LogP contribution in [-0.4, -0.2) is 54.4 Å². The molecule has 2 amide bonds. The standard InChI is InChI=1S/C22H25ClN4O5/c1-15(2)22(29)26-11-9-25(10-12-26)20-8-3-16(23)13-19(20)24-21(28)14-32-18-6-4-17(5-7-18)27(30)31/h3-8,13,15H,9-12,14H2,1-2H3,(H,24,28). The zero-order valence-corrected chi connectivity index (χ0v) is 18.7. The molecular formula is C22H25ClN4O5. The minimum atomic E-state index is -0.504. The van der Waals surface area contributed by atoms with Crippen molar-refractivity contribution in [1.29, 1.82) is 0 Å². The highest BCUT2D eigenvalue weighted by Crippen LogP contribution is 2.30. The van der Waals surface area contributed by atoms with Crippen LogP contribution in [0.4, 0.5) is 17.1 Å². The normalized spacial score (nSPS) is 13.8. The van der Waals surface area contributed by atoms with Gasteiger partial charge in [0.25, 0.3) is 11.6 Å². The van der Waals surface area contributed by atoms with Gasteiger partial charge in [-0.1, -0.05) is 25.4 Å². The highest BCUT2D eigenvalue weighted by atomic mass is 35.5. The van der Waals surface area contributed by atoms with E-state index in [1.807, 2.05) is 24.8 Å². The second kappa shape index (κ2) is 10.3. The van der Waals surface area contributed by atoms with E-state index >= 15 is 0 Å². The average Bonchev–Trinajstić information content (AvgIpc) is 2.77. The number of rotatable bonds is 7. The zero-order valence-electron chi connectivity index (χ0n) is 17.9. The molecule has 2 aromatic carbocycles. The zero-order chi connectivity index (χ0) is 23.3. The van der Waals surface area contributed by atoms with Crippen LogP contribution in [-0.2, 0) is 9.59 Å². The molecule has 1 heterocycles. The molecule has 0 saturated carbocycles. The highest BCUT2D eigenvalue weighted by molar-refractivity contribution is 6.31. The average molecular weight is 461 g/mol. The first kappa shape index (κ1) is 23.3. The summed E-state index contributed by atoms with van der Waals surface area (Å²) in [6, 6.07) is 10.8. The van der Waals surface area contributed by atoms with Crippen molar-refractivity contribution in [3.05, 3.63) is 57.6 Å². The summed E-state index contributed by atoms with van der Waals surface area (Å²) < 4.78 is 5.43. The summed E-state index contributed by atoms with van der Waals surface area (Å²) in [5.74, 6) is 0.0591. The summed E-state index contributed by atoms with van der Waals surface area (Å²) in [7, 11) is 0. The number of anilines is 2. The van der Waals surface area contributed by atoms with Gasteiger partial charge in [0.1, 0.15) is 5.75 Å². The third kappa shape index (κ3) is 5.88. The number of nitro benzene ring substituents is 1. The molecule has 1 saturated heterocycles. The molecule has 0 aliphatic carbocycles. The van der Waals surface area contributed by atoms with Gasteiger partial charge in [-0.05, 0) is 30.3 Å². The topological polar surface area (TPSA) is 105 Å². The number of nitrogens with zero attached hydrogens (tertiary/aromatic N) is 3. The van der Waals surface area contributed by atoms with Crippen LogP contribution < -0.4 is 15.0 Å². The van der Waals surface area contributed by atoms with Crippen molar-refractivity contribution in [2.75, 3.05) is 43.0 Å². The fourth-order valence-corrected chi connectivity index (χ4v) is 3.59. The van der Waals surface area contributed by atoms with Gasteiger partial charge in [0.05, 0.1) is 16.3 Å². The lowest BCUT2D eigenvalue weighted by atomic mass is 10.1. The summed E-state index contributed by atoms with van der Waals surface area (Å²) in [6.45, 7) is 6.01. The van der Waals surface area contributed by atoms with Crippen molar-refractivity contribution < 1.29 is 19.2 Å². The molecule has 1 aliphatic rings. The number of nitro groups is 1. The maximum absolute atomic E-state index is 12.5. The van der Waals surface area contributed by atoms with E-state index in [1.165, 1.54) is 24.3 Å². The molecule has 0 aromatic heterocycles. The third-order valence-corrected chi connectivity index (χ3v) is 5.31. The number of ether oxygens (including phenoxy) is 1. The fourth-order valence-electron chi connectivity index (χ4n) is 3.42. The van der Waals surface area contributed by atoms with Crippen LogP contribution >= 0.6 is 11.6 Å². The smallest absolute Gasteiger partial charge is 0.269 e. The van der Waals surface area contributed by atoms with Crippen molar-refractivity contribution in [2.45, 2.75) is 13.8 Å². The Labute approximate surface area is 191 Å². The summed E-state index contributed by atoms with van der Waals surface area (Å²) in [6.07, 6.45) is 0. The number of carbonyl (C=O) groups excluding carboxylic acids is 2. The predicted octanol–water partition coefficient (Wildman–Crippen LogP) is 3.57. The van der Waals surface area contributed by atoms with Crippen molar-refractivity contribution in [1.82, 2.24) is 4.90 Å².